The van der Waals surface area contributed by atoms with E-state index in [0.717, 1.165) is 38.0 Å². The van der Waals surface area contributed by atoms with Gasteiger partial charge in [-0.05, 0) is 59.5 Å². The summed E-state index contributed by atoms with van der Waals surface area (Å²) in [5.74, 6) is 0.177. The van der Waals surface area contributed by atoms with Crippen molar-refractivity contribution in [2.45, 2.75) is 13.5 Å². The molecule has 0 unspecified atom stereocenters. The number of thiazole rings is 1. The molecule has 5 aromatic rings. The molecule has 1 heterocycles. The number of hydrogen-bond acceptors (Lipinski definition) is 6. The van der Waals surface area contributed by atoms with E-state index in [2.05, 4.69) is 65.6 Å². The molecule has 7 heteroatoms. The molecule has 0 bridgehead atoms. The first-order valence-corrected chi connectivity index (χ1v) is 13.7. The molecule has 4 aromatic carbocycles. The van der Waals surface area contributed by atoms with Gasteiger partial charge in [-0.15, -0.1) is 11.3 Å². The first kappa shape index (κ1) is 27.0. The standard InChI is InChI=1S/C33H30N2O4S/c1-22-19-28(17-18-29(22)39-21-31(36)37)38-20-30-34-32(25-13-15-27(16-14-25)35(2)3)33(40-30)26-11-9-24(10-12-26)23-7-5-4-6-8-23/h4-19H,20-21H2,1-3H3,(H,36,37). The quantitative estimate of drug-likeness (QED) is 0.193. The van der Waals surface area contributed by atoms with E-state index >= 15 is 0 Å². The number of carboxylic acid groups (broad SMARTS) is 1. The molecule has 0 amide bonds. The summed E-state index contributed by atoms with van der Waals surface area (Å²) in [5, 5.41) is 9.72. The Labute approximate surface area is 238 Å². The molecule has 202 valence electrons. The lowest BCUT2D eigenvalue weighted by Gasteiger charge is -2.12. The Morgan fingerprint density at radius 1 is 0.825 bits per heavy atom. The van der Waals surface area contributed by atoms with Gasteiger partial charge in [0.25, 0.3) is 0 Å². The molecule has 0 fully saturated rings. The maximum absolute atomic E-state index is 10.8. The second-order valence-corrected chi connectivity index (χ2v) is 10.7. The van der Waals surface area contributed by atoms with E-state index in [4.69, 9.17) is 19.6 Å². The second kappa shape index (κ2) is 12.1. The normalized spacial score (nSPS) is 10.8. The highest BCUT2D eigenvalue weighted by Gasteiger charge is 2.16. The van der Waals surface area contributed by atoms with Crippen LogP contribution in [0.4, 0.5) is 5.69 Å². The highest BCUT2D eigenvalue weighted by Crippen LogP contribution is 2.38. The van der Waals surface area contributed by atoms with Crippen LogP contribution in [-0.4, -0.2) is 36.8 Å². The highest BCUT2D eigenvalue weighted by atomic mass is 32.1. The number of benzene rings is 4. The van der Waals surface area contributed by atoms with Gasteiger partial charge in [0.2, 0.25) is 0 Å². The van der Waals surface area contributed by atoms with Crippen LogP contribution >= 0.6 is 11.3 Å². The zero-order chi connectivity index (χ0) is 28.1. The molecule has 0 aliphatic heterocycles. The lowest BCUT2D eigenvalue weighted by atomic mass is 10.0. The number of aryl methyl sites for hydroxylation is 1. The van der Waals surface area contributed by atoms with Gasteiger partial charge >= 0.3 is 5.97 Å². The van der Waals surface area contributed by atoms with Gasteiger partial charge in [0.05, 0.1) is 10.6 Å². The van der Waals surface area contributed by atoms with Crippen molar-refractivity contribution in [1.29, 1.82) is 0 Å². The summed E-state index contributed by atoms with van der Waals surface area (Å²) < 4.78 is 11.4. The van der Waals surface area contributed by atoms with Crippen molar-refractivity contribution in [3.8, 4) is 44.3 Å². The van der Waals surface area contributed by atoms with Crippen LogP contribution in [0, 0.1) is 6.92 Å². The van der Waals surface area contributed by atoms with Gasteiger partial charge in [0, 0.05) is 25.3 Å². The number of carboxylic acids is 1. The fourth-order valence-corrected chi connectivity index (χ4v) is 5.34. The van der Waals surface area contributed by atoms with E-state index in [-0.39, 0.29) is 6.61 Å². The molecule has 0 atom stereocenters. The number of carbonyl (C=O) groups is 1. The molecule has 0 saturated heterocycles. The van der Waals surface area contributed by atoms with E-state index in [1.807, 2.05) is 45.3 Å². The Morgan fingerprint density at radius 3 is 2.12 bits per heavy atom. The van der Waals surface area contributed by atoms with E-state index in [1.54, 1.807) is 23.5 Å². The number of ether oxygens (including phenoxy) is 2. The van der Waals surface area contributed by atoms with Gasteiger partial charge in [-0.1, -0.05) is 66.7 Å². The summed E-state index contributed by atoms with van der Waals surface area (Å²) in [5.41, 5.74) is 7.36. The Kier molecular flexibility index (Phi) is 8.12. The Hall–Kier alpha value is -4.62. The number of rotatable bonds is 10. The second-order valence-electron chi connectivity index (χ2n) is 9.57. The lowest BCUT2D eigenvalue weighted by Crippen LogP contribution is -2.10. The van der Waals surface area contributed by atoms with Crippen molar-refractivity contribution >= 4 is 23.0 Å². The largest absolute Gasteiger partial charge is 0.486 e. The fraction of sp³-hybridized carbons (Fsp3) is 0.152. The van der Waals surface area contributed by atoms with E-state index in [0.29, 0.717) is 18.1 Å². The van der Waals surface area contributed by atoms with Crippen LogP contribution < -0.4 is 14.4 Å². The molecule has 1 N–H and O–H groups in total. The zero-order valence-corrected chi connectivity index (χ0v) is 23.4. The molecule has 6 nitrogen and oxygen atoms in total. The molecule has 0 saturated carbocycles. The maximum atomic E-state index is 10.8. The van der Waals surface area contributed by atoms with E-state index < -0.39 is 5.97 Å². The summed E-state index contributed by atoms with van der Waals surface area (Å²) >= 11 is 1.62. The molecule has 0 aliphatic rings. The molecule has 1 aromatic heterocycles. The van der Waals surface area contributed by atoms with Gasteiger partial charge in [-0.2, -0.15) is 0 Å². The predicted octanol–water partition coefficient (Wildman–Crippen LogP) is 7.56. The predicted molar refractivity (Wildman–Crippen MR) is 161 cm³/mol. The third-order valence-electron chi connectivity index (χ3n) is 6.44. The van der Waals surface area contributed by atoms with Crippen molar-refractivity contribution in [1.82, 2.24) is 4.98 Å². The van der Waals surface area contributed by atoms with Crippen LogP contribution in [0.5, 0.6) is 11.5 Å². The lowest BCUT2D eigenvalue weighted by molar-refractivity contribution is -0.139. The average molecular weight is 551 g/mol. The minimum atomic E-state index is -1.01. The molecule has 40 heavy (non-hydrogen) atoms. The van der Waals surface area contributed by atoms with Gasteiger partial charge in [-0.25, -0.2) is 9.78 Å². The molecule has 0 spiro atoms. The Balaban J connectivity index is 1.42. The number of hydrogen-bond donors (Lipinski definition) is 1. The number of aromatic nitrogens is 1. The molecular weight excluding hydrogens is 520 g/mol. The van der Waals surface area contributed by atoms with Gasteiger partial charge in [0.1, 0.15) is 23.1 Å². The van der Waals surface area contributed by atoms with Gasteiger partial charge < -0.3 is 19.5 Å². The van der Waals surface area contributed by atoms with Crippen LogP contribution in [0.25, 0.3) is 32.8 Å². The SMILES string of the molecule is Cc1cc(OCc2nc(-c3ccc(N(C)C)cc3)c(-c3ccc(-c4ccccc4)cc3)s2)ccc1OCC(=O)O. The molecule has 0 aliphatic carbocycles. The summed E-state index contributed by atoms with van der Waals surface area (Å²) in [7, 11) is 4.05. The molecule has 5 rings (SSSR count). The van der Waals surface area contributed by atoms with Crippen LogP contribution in [0.15, 0.2) is 97.1 Å². The zero-order valence-electron chi connectivity index (χ0n) is 22.6. The maximum Gasteiger partial charge on any atom is 0.341 e. The Morgan fingerprint density at radius 2 is 1.48 bits per heavy atom. The number of aliphatic carboxylic acids is 1. The van der Waals surface area contributed by atoms with Crippen LogP contribution in [0.1, 0.15) is 10.6 Å². The first-order valence-electron chi connectivity index (χ1n) is 12.9. The van der Waals surface area contributed by atoms with Crippen molar-refractivity contribution in [2.24, 2.45) is 0 Å². The minimum Gasteiger partial charge on any atom is -0.486 e. The smallest absolute Gasteiger partial charge is 0.341 e. The van der Waals surface area contributed by atoms with Crippen molar-refractivity contribution in [3.05, 3.63) is 108 Å². The van der Waals surface area contributed by atoms with Crippen LogP contribution in [0.2, 0.25) is 0 Å². The van der Waals surface area contributed by atoms with Crippen LogP contribution in [-0.2, 0) is 11.4 Å². The van der Waals surface area contributed by atoms with Gasteiger partial charge in [-0.3, -0.25) is 0 Å². The van der Waals surface area contributed by atoms with Gasteiger partial charge in [0.15, 0.2) is 6.61 Å². The van der Waals surface area contributed by atoms with Crippen LogP contribution in [0.3, 0.4) is 0 Å². The number of anilines is 1. The Bertz CT molecular complexity index is 1590. The molecular formula is C33H30N2O4S. The topological polar surface area (TPSA) is 71.9 Å². The van der Waals surface area contributed by atoms with Crippen molar-refractivity contribution in [2.75, 3.05) is 25.6 Å². The minimum absolute atomic E-state index is 0.310. The van der Waals surface area contributed by atoms with Crippen molar-refractivity contribution < 1.29 is 19.4 Å². The summed E-state index contributed by atoms with van der Waals surface area (Å²) in [4.78, 5) is 19.0. The number of nitrogens with zero attached hydrogens (tertiary/aromatic N) is 2. The summed E-state index contributed by atoms with van der Waals surface area (Å²) in [6.45, 7) is 1.79. The average Bonchev–Trinajstić information content (AvgIpc) is 3.40. The van der Waals surface area contributed by atoms with E-state index in [1.165, 1.54) is 11.1 Å². The summed E-state index contributed by atoms with van der Waals surface area (Å²) in [6.07, 6.45) is 0. The highest BCUT2D eigenvalue weighted by molar-refractivity contribution is 7.15. The third-order valence-corrected chi connectivity index (χ3v) is 7.52. The fourth-order valence-electron chi connectivity index (χ4n) is 4.34. The summed E-state index contributed by atoms with van der Waals surface area (Å²) in [6, 6.07) is 32.7. The van der Waals surface area contributed by atoms with E-state index in [9.17, 15) is 4.79 Å². The third kappa shape index (κ3) is 6.33. The van der Waals surface area contributed by atoms with Crippen molar-refractivity contribution in [3.63, 3.8) is 0 Å². The molecule has 0 radical (unpaired) electrons. The first-order chi connectivity index (χ1) is 19.4. The monoisotopic (exact) mass is 550 g/mol.